The molecule has 0 atom stereocenters. The average molecular weight is 464 g/mol. The zero-order chi connectivity index (χ0) is 22.0. The first-order valence-electron chi connectivity index (χ1n) is 8.86. The van der Waals surface area contributed by atoms with Gasteiger partial charge in [-0.3, -0.25) is 10.1 Å². The third-order valence-corrected chi connectivity index (χ3v) is 5.57. The number of aromatic nitrogens is 4. The minimum atomic E-state index is -0.717. The number of fused-ring (bicyclic) bond motifs is 1. The van der Waals surface area contributed by atoms with Crippen molar-refractivity contribution in [1.82, 2.24) is 20.2 Å². The van der Waals surface area contributed by atoms with Gasteiger partial charge in [-0.05, 0) is 52.0 Å². The van der Waals surface area contributed by atoms with Crippen LogP contribution in [0, 0.1) is 10.1 Å². The summed E-state index contributed by atoms with van der Waals surface area (Å²) in [6.07, 6.45) is 0. The van der Waals surface area contributed by atoms with Crippen LogP contribution in [0.5, 0.6) is 11.5 Å². The molecule has 1 aliphatic rings. The number of esters is 1. The molecule has 0 radical (unpaired) electrons. The molecule has 4 rings (SSSR count). The molecule has 0 saturated heterocycles. The molecule has 13 heteroatoms. The van der Waals surface area contributed by atoms with Crippen LogP contribution in [0.2, 0.25) is 5.02 Å². The fraction of sp³-hybridized carbons (Fsp3) is 0.222. The molecule has 2 aromatic carbocycles. The molecule has 0 amide bonds. The van der Waals surface area contributed by atoms with E-state index in [0.29, 0.717) is 40.5 Å². The summed E-state index contributed by atoms with van der Waals surface area (Å²) in [6, 6.07) is 7.34. The van der Waals surface area contributed by atoms with Crippen LogP contribution in [-0.2, 0) is 18.4 Å². The normalized spacial score (nSPS) is 12.5. The van der Waals surface area contributed by atoms with Crippen molar-refractivity contribution in [3.63, 3.8) is 0 Å². The number of benzene rings is 2. The predicted octanol–water partition coefficient (Wildman–Crippen LogP) is 3.05. The van der Waals surface area contributed by atoms with Gasteiger partial charge in [0.2, 0.25) is 5.16 Å². The van der Waals surface area contributed by atoms with Crippen molar-refractivity contribution in [3.05, 3.63) is 56.6 Å². The van der Waals surface area contributed by atoms with Crippen LogP contribution in [0.1, 0.15) is 15.9 Å². The van der Waals surface area contributed by atoms with E-state index in [4.69, 9.17) is 25.8 Å². The van der Waals surface area contributed by atoms with Crippen molar-refractivity contribution in [2.75, 3.05) is 13.2 Å². The summed E-state index contributed by atoms with van der Waals surface area (Å²) in [5.41, 5.74) is 0.375. The van der Waals surface area contributed by atoms with E-state index in [2.05, 4.69) is 15.5 Å². The van der Waals surface area contributed by atoms with Crippen LogP contribution < -0.4 is 9.47 Å². The van der Waals surface area contributed by atoms with Gasteiger partial charge in [0.25, 0.3) is 5.69 Å². The summed E-state index contributed by atoms with van der Waals surface area (Å²) in [7, 11) is 1.62. The van der Waals surface area contributed by atoms with Gasteiger partial charge < -0.3 is 14.2 Å². The largest absolute Gasteiger partial charge is 0.486 e. The fourth-order valence-electron chi connectivity index (χ4n) is 2.76. The molecule has 0 spiro atoms. The number of rotatable bonds is 6. The minimum absolute atomic E-state index is 0.0378. The quantitative estimate of drug-likeness (QED) is 0.305. The Labute approximate surface area is 184 Å². The maximum Gasteiger partial charge on any atom is 0.338 e. The van der Waals surface area contributed by atoms with Gasteiger partial charge in [-0.15, -0.1) is 5.10 Å². The molecule has 0 saturated carbocycles. The highest BCUT2D eigenvalue weighted by Gasteiger charge is 2.22. The second-order valence-electron chi connectivity index (χ2n) is 6.30. The van der Waals surface area contributed by atoms with Gasteiger partial charge in [0.15, 0.2) is 11.5 Å². The Hall–Kier alpha value is -3.38. The minimum Gasteiger partial charge on any atom is -0.486 e. The van der Waals surface area contributed by atoms with Gasteiger partial charge >= 0.3 is 5.97 Å². The van der Waals surface area contributed by atoms with E-state index in [0.717, 1.165) is 17.8 Å². The number of hydrogen-bond acceptors (Lipinski definition) is 10. The van der Waals surface area contributed by atoms with Gasteiger partial charge in [0.1, 0.15) is 19.8 Å². The standard InChI is InChI=1S/C18H14ClN5O6S/c1-23-18(20-21-22-23)31-15-3-2-11(8-13(15)24(26)27)17(25)30-9-10-6-12(19)16-14(7-10)28-4-5-29-16/h2-3,6-8H,4-5,9H2,1H3. The van der Waals surface area contributed by atoms with Crippen LogP contribution >= 0.6 is 23.4 Å². The maximum atomic E-state index is 12.5. The Morgan fingerprint density at radius 2 is 2.13 bits per heavy atom. The van der Waals surface area contributed by atoms with Gasteiger partial charge in [0.05, 0.1) is 20.4 Å². The third kappa shape index (κ3) is 4.54. The van der Waals surface area contributed by atoms with Crippen molar-refractivity contribution in [2.45, 2.75) is 16.7 Å². The number of nitrogens with zero attached hydrogens (tertiary/aromatic N) is 5. The lowest BCUT2D eigenvalue weighted by molar-refractivity contribution is -0.387. The Morgan fingerprint density at radius 1 is 1.32 bits per heavy atom. The molecule has 1 aliphatic heterocycles. The number of hydrogen-bond donors (Lipinski definition) is 0. The molecule has 31 heavy (non-hydrogen) atoms. The van der Waals surface area contributed by atoms with E-state index in [1.807, 2.05) is 0 Å². The van der Waals surface area contributed by atoms with Crippen LogP contribution in [0.4, 0.5) is 5.69 Å². The fourth-order valence-corrected chi connectivity index (χ4v) is 3.86. The summed E-state index contributed by atoms with van der Waals surface area (Å²) in [5.74, 6) is 0.205. The number of nitro groups is 1. The van der Waals surface area contributed by atoms with Crippen molar-refractivity contribution < 1.29 is 23.9 Å². The second kappa shape index (κ2) is 8.78. The molecule has 1 aromatic heterocycles. The number of ether oxygens (including phenoxy) is 3. The first kappa shape index (κ1) is 20.9. The highest BCUT2D eigenvalue weighted by molar-refractivity contribution is 7.99. The first-order valence-corrected chi connectivity index (χ1v) is 10.1. The topological polar surface area (TPSA) is 132 Å². The zero-order valence-corrected chi connectivity index (χ0v) is 17.6. The number of carbonyl (C=O) groups excluding carboxylic acids is 1. The maximum absolute atomic E-state index is 12.5. The van der Waals surface area contributed by atoms with Crippen molar-refractivity contribution >= 4 is 35.0 Å². The van der Waals surface area contributed by atoms with E-state index in [9.17, 15) is 14.9 Å². The van der Waals surface area contributed by atoms with Crippen LogP contribution in [-0.4, -0.2) is 44.3 Å². The molecule has 0 fully saturated rings. The average Bonchev–Trinajstić information content (AvgIpc) is 3.16. The molecule has 2 heterocycles. The van der Waals surface area contributed by atoms with Crippen LogP contribution in [0.3, 0.4) is 0 Å². The van der Waals surface area contributed by atoms with E-state index in [-0.39, 0.29) is 22.8 Å². The van der Waals surface area contributed by atoms with Gasteiger partial charge in [-0.2, -0.15) is 0 Å². The lowest BCUT2D eigenvalue weighted by Gasteiger charge is -2.20. The zero-order valence-electron chi connectivity index (χ0n) is 16.0. The summed E-state index contributed by atoms with van der Waals surface area (Å²) in [4.78, 5) is 23.7. The van der Waals surface area contributed by atoms with Crippen molar-refractivity contribution in [1.29, 1.82) is 0 Å². The van der Waals surface area contributed by atoms with Gasteiger partial charge in [-0.25, -0.2) is 9.48 Å². The molecular weight excluding hydrogens is 450 g/mol. The Bertz CT molecular complexity index is 1170. The lowest BCUT2D eigenvalue weighted by atomic mass is 10.2. The van der Waals surface area contributed by atoms with Crippen molar-refractivity contribution in [2.24, 2.45) is 7.05 Å². The van der Waals surface area contributed by atoms with Crippen molar-refractivity contribution in [3.8, 4) is 11.5 Å². The predicted molar refractivity (Wildman–Crippen MR) is 108 cm³/mol. The van der Waals surface area contributed by atoms with Gasteiger partial charge in [0, 0.05) is 13.1 Å². The molecular formula is C18H14ClN5O6S. The van der Waals surface area contributed by atoms with E-state index >= 15 is 0 Å². The van der Waals surface area contributed by atoms with E-state index < -0.39 is 10.9 Å². The summed E-state index contributed by atoms with van der Waals surface area (Å²) < 4.78 is 17.6. The Balaban J connectivity index is 1.50. The van der Waals surface area contributed by atoms with Gasteiger partial charge in [-0.1, -0.05) is 11.6 Å². The second-order valence-corrected chi connectivity index (χ2v) is 7.72. The molecule has 0 unspecified atom stereocenters. The molecule has 160 valence electrons. The van der Waals surface area contributed by atoms with Crippen LogP contribution in [0.25, 0.3) is 0 Å². The lowest BCUT2D eigenvalue weighted by Crippen LogP contribution is -2.16. The smallest absolute Gasteiger partial charge is 0.338 e. The molecule has 0 bridgehead atoms. The Kier molecular flexibility index (Phi) is 5.91. The number of aryl methyl sites for hydroxylation is 1. The highest BCUT2D eigenvalue weighted by Crippen LogP contribution is 2.38. The number of carbonyl (C=O) groups is 1. The van der Waals surface area contributed by atoms with E-state index in [1.165, 1.54) is 16.8 Å². The summed E-state index contributed by atoms with van der Waals surface area (Å²) >= 11 is 7.20. The summed E-state index contributed by atoms with van der Waals surface area (Å²) in [6.45, 7) is 0.705. The first-order chi connectivity index (χ1) is 14.9. The highest BCUT2D eigenvalue weighted by atomic mass is 35.5. The monoisotopic (exact) mass is 463 g/mol. The Morgan fingerprint density at radius 3 is 2.87 bits per heavy atom. The van der Waals surface area contributed by atoms with E-state index in [1.54, 1.807) is 19.2 Å². The molecule has 11 nitrogen and oxygen atoms in total. The SMILES string of the molecule is Cn1nnnc1Sc1ccc(C(=O)OCc2cc(Cl)c3c(c2)OCCO3)cc1[N+](=O)[O-]. The number of nitro benzene ring substituents is 1. The number of tetrazole rings is 1. The number of halogens is 1. The summed E-state index contributed by atoms with van der Waals surface area (Å²) in [5, 5.41) is 23.2. The molecule has 0 aliphatic carbocycles. The molecule has 3 aromatic rings. The van der Waals surface area contributed by atoms with Crippen LogP contribution in [0.15, 0.2) is 40.4 Å². The molecule has 0 N–H and O–H groups in total. The third-order valence-electron chi connectivity index (χ3n) is 4.20.